The fourth-order valence-corrected chi connectivity index (χ4v) is 5.12. The van der Waals surface area contributed by atoms with Crippen molar-refractivity contribution >= 4 is 54.3 Å². The molecule has 0 spiro atoms. The van der Waals surface area contributed by atoms with Crippen molar-refractivity contribution in [3.05, 3.63) is 157 Å². The average Bonchev–Trinajstić information content (AvgIpc) is 3.73. The standard InChI is InChI=1S/C42H26O/c1-2-11-27(12-3-1)29-14-10-15-30(25-29)40-34-17-6-8-19-36(34)41(37-20-9-7-18-35(37)40)31-22-23-33-38-24-21-28-13-4-5-16-32(28)42(38)43-39(33)26-31/h1-26H/i1D,2D,3D,4D,5D,6D,7D,8D,9D,10D,11D,12D,13D,14D,15D,16D,17D,18D,19D,20D,21D,22D,23D,24D,25D,26D. The van der Waals surface area contributed by atoms with Gasteiger partial charge in [-0.25, -0.2) is 0 Å². The molecule has 0 unspecified atom stereocenters. The zero-order valence-corrected chi connectivity index (χ0v) is 21.4. The van der Waals surface area contributed by atoms with Crippen molar-refractivity contribution in [2.24, 2.45) is 0 Å². The number of benzene rings is 8. The summed E-state index contributed by atoms with van der Waals surface area (Å²) in [4.78, 5) is 0. The molecule has 0 atom stereocenters. The van der Waals surface area contributed by atoms with Crippen molar-refractivity contribution in [2.75, 3.05) is 0 Å². The Morgan fingerprint density at radius 1 is 0.349 bits per heavy atom. The molecular weight excluding hydrogens is 520 g/mol. The third-order valence-electron chi connectivity index (χ3n) is 6.94. The van der Waals surface area contributed by atoms with Gasteiger partial charge in [0, 0.05) is 16.2 Å². The summed E-state index contributed by atoms with van der Waals surface area (Å²) in [7, 11) is 0. The molecule has 9 rings (SSSR count). The monoisotopic (exact) mass is 572 g/mol. The van der Waals surface area contributed by atoms with E-state index < -0.39 is 245 Å². The fraction of sp³-hybridized carbons (Fsp3) is 0. The van der Waals surface area contributed by atoms with Crippen LogP contribution in [0.2, 0.25) is 0 Å². The van der Waals surface area contributed by atoms with Gasteiger partial charge in [0.15, 0.2) is 0 Å². The van der Waals surface area contributed by atoms with E-state index in [2.05, 4.69) is 0 Å². The lowest BCUT2D eigenvalue weighted by atomic mass is 9.85. The van der Waals surface area contributed by atoms with Gasteiger partial charge < -0.3 is 4.42 Å². The molecule has 1 aromatic heterocycles. The summed E-state index contributed by atoms with van der Waals surface area (Å²) in [6.45, 7) is 0. The van der Waals surface area contributed by atoms with E-state index in [1.807, 2.05) is 0 Å². The molecule has 9 aromatic rings. The van der Waals surface area contributed by atoms with Crippen molar-refractivity contribution in [1.29, 1.82) is 0 Å². The van der Waals surface area contributed by atoms with E-state index in [4.69, 9.17) is 27.7 Å². The minimum atomic E-state index is -1.03. The first-order valence-electron chi connectivity index (χ1n) is 25.7. The lowest BCUT2D eigenvalue weighted by molar-refractivity contribution is 0.673. The predicted octanol–water partition coefficient (Wildman–Crippen LogP) is 12.0. The summed E-state index contributed by atoms with van der Waals surface area (Å²) in [5.74, 6) is 0. The lowest BCUT2D eigenvalue weighted by Crippen LogP contribution is -1.91. The van der Waals surface area contributed by atoms with Crippen LogP contribution in [0.5, 0.6) is 0 Å². The number of furan rings is 1. The van der Waals surface area contributed by atoms with Crippen LogP contribution in [0.15, 0.2) is 162 Å². The number of fused-ring (bicyclic) bond motifs is 7. The van der Waals surface area contributed by atoms with E-state index in [1.54, 1.807) is 0 Å². The zero-order valence-electron chi connectivity index (χ0n) is 47.4. The molecule has 0 amide bonds. The van der Waals surface area contributed by atoms with Gasteiger partial charge in [-0.2, -0.15) is 0 Å². The van der Waals surface area contributed by atoms with E-state index in [-0.39, 0.29) is 0 Å². The molecule has 0 aliphatic rings. The van der Waals surface area contributed by atoms with Gasteiger partial charge in [0.1, 0.15) is 11.2 Å². The third-order valence-corrected chi connectivity index (χ3v) is 6.94. The van der Waals surface area contributed by atoms with Gasteiger partial charge in [0.2, 0.25) is 0 Å². The van der Waals surface area contributed by atoms with Crippen LogP contribution in [0.25, 0.3) is 87.6 Å². The highest BCUT2D eigenvalue weighted by Crippen LogP contribution is 2.45. The summed E-state index contributed by atoms with van der Waals surface area (Å²) in [5.41, 5.74) is -5.74. The molecule has 1 heteroatoms. The Labute approximate surface area is 285 Å². The van der Waals surface area contributed by atoms with Gasteiger partial charge in [-0.15, -0.1) is 0 Å². The quantitative estimate of drug-likeness (QED) is 0.192. The maximum Gasteiger partial charge on any atom is 0.143 e. The van der Waals surface area contributed by atoms with Gasteiger partial charge in [0.25, 0.3) is 0 Å². The first kappa shape index (κ1) is 9.69. The van der Waals surface area contributed by atoms with Crippen LogP contribution < -0.4 is 0 Å². The second-order valence-corrected chi connectivity index (χ2v) is 9.26. The number of hydrogen-bond donors (Lipinski definition) is 0. The summed E-state index contributed by atoms with van der Waals surface area (Å²) >= 11 is 0. The zero-order chi connectivity index (χ0) is 51.0. The number of hydrogen-bond acceptors (Lipinski definition) is 1. The first-order valence-corrected chi connectivity index (χ1v) is 12.7. The summed E-state index contributed by atoms with van der Waals surface area (Å²) in [5, 5.41) is -4.60. The Hall–Kier alpha value is -5.66. The van der Waals surface area contributed by atoms with Crippen LogP contribution in [0.1, 0.15) is 35.6 Å². The fourth-order valence-electron chi connectivity index (χ4n) is 5.12. The molecule has 0 radical (unpaired) electrons. The first-order chi connectivity index (χ1) is 32.2. The normalized spacial score (nSPS) is 20.2. The highest BCUT2D eigenvalue weighted by Gasteiger charge is 2.18. The van der Waals surface area contributed by atoms with E-state index in [1.165, 1.54) is 0 Å². The Kier molecular flexibility index (Phi) is 2.13. The van der Waals surface area contributed by atoms with Gasteiger partial charge in [-0.05, 0) is 84.5 Å². The topological polar surface area (TPSA) is 13.1 Å². The lowest BCUT2D eigenvalue weighted by Gasteiger charge is -2.18. The van der Waals surface area contributed by atoms with Crippen LogP contribution in [0, 0.1) is 0 Å². The predicted molar refractivity (Wildman–Crippen MR) is 183 cm³/mol. The van der Waals surface area contributed by atoms with Gasteiger partial charge in [-0.3, -0.25) is 0 Å². The van der Waals surface area contributed by atoms with E-state index >= 15 is 0 Å². The molecule has 0 aliphatic heterocycles. The van der Waals surface area contributed by atoms with Crippen LogP contribution >= 0.6 is 0 Å². The minimum Gasteiger partial charge on any atom is -0.455 e. The molecule has 43 heavy (non-hydrogen) atoms. The SMILES string of the molecule is [2H]c1c([2H])c([2H])c(-c2c([2H])c([2H])c([2H])c(-c3c4c([2H])c([2H])c([2H])c([2H])c4c(-c4c([2H])c([2H])c5c(oc6c7c([2H])c([2H])c([2H])c([2H])c7c([2H])c([2H])c65)c4[2H])c4c([2H])c([2H])c([2H])c([2H])c34)c2[2H])c([2H])c1[2H]. The summed E-state index contributed by atoms with van der Waals surface area (Å²) in [6.07, 6.45) is 0. The van der Waals surface area contributed by atoms with Crippen LogP contribution in [0.4, 0.5) is 0 Å². The third kappa shape index (κ3) is 3.72. The van der Waals surface area contributed by atoms with Crippen molar-refractivity contribution in [3.63, 3.8) is 0 Å². The van der Waals surface area contributed by atoms with Gasteiger partial charge in [0.05, 0.1) is 35.6 Å². The molecule has 0 fully saturated rings. The van der Waals surface area contributed by atoms with Crippen LogP contribution in [-0.2, 0) is 0 Å². The van der Waals surface area contributed by atoms with E-state index in [9.17, 15) is 12.3 Å². The van der Waals surface area contributed by atoms with Crippen LogP contribution in [-0.4, -0.2) is 0 Å². The Morgan fingerprint density at radius 2 is 0.884 bits per heavy atom. The average molecular weight is 573 g/mol. The second-order valence-electron chi connectivity index (χ2n) is 9.26. The molecule has 200 valence electrons. The molecule has 1 heterocycles. The van der Waals surface area contributed by atoms with Crippen molar-refractivity contribution in [3.8, 4) is 33.4 Å². The summed E-state index contributed by atoms with van der Waals surface area (Å²) < 4.78 is 237. The van der Waals surface area contributed by atoms with E-state index in [0.29, 0.717) is 0 Å². The smallest absolute Gasteiger partial charge is 0.143 e. The van der Waals surface area contributed by atoms with Crippen molar-refractivity contribution < 1.29 is 40.1 Å². The molecule has 1 nitrogen and oxygen atoms in total. The molecule has 0 saturated heterocycles. The van der Waals surface area contributed by atoms with Gasteiger partial charge >= 0.3 is 0 Å². The molecule has 8 aromatic carbocycles. The maximum atomic E-state index is 9.67. The molecule has 0 bridgehead atoms. The highest BCUT2D eigenvalue weighted by molar-refractivity contribution is 6.22. The maximum absolute atomic E-state index is 9.67. The Balaban J connectivity index is 1.58. The van der Waals surface area contributed by atoms with Crippen LogP contribution in [0.3, 0.4) is 0 Å². The molecule has 0 saturated carbocycles. The largest absolute Gasteiger partial charge is 0.455 e. The molecular formula is C42H26O. The van der Waals surface area contributed by atoms with Gasteiger partial charge in [-0.1, -0.05) is 133 Å². The Morgan fingerprint density at radius 3 is 1.58 bits per heavy atom. The highest BCUT2D eigenvalue weighted by atomic mass is 16.3. The van der Waals surface area contributed by atoms with Crippen molar-refractivity contribution in [2.45, 2.75) is 0 Å². The second kappa shape index (κ2) is 9.44. The van der Waals surface area contributed by atoms with Crippen molar-refractivity contribution in [1.82, 2.24) is 0 Å². The van der Waals surface area contributed by atoms with E-state index in [0.717, 1.165) is 0 Å². The number of rotatable bonds is 3. The minimum absolute atomic E-state index is 0.398. The summed E-state index contributed by atoms with van der Waals surface area (Å²) in [6, 6.07) is -23.4. The Bertz CT molecular complexity index is 3860. The molecule has 0 aliphatic carbocycles. The molecule has 0 N–H and O–H groups in total.